The number of aryl methyl sites for hydroxylation is 1. The Balaban J connectivity index is 1.77. The summed E-state index contributed by atoms with van der Waals surface area (Å²) in [4.78, 5) is 11.2. The van der Waals surface area contributed by atoms with E-state index in [-0.39, 0.29) is 0 Å². The molecule has 0 aliphatic heterocycles. The third-order valence-corrected chi connectivity index (χ3v) is 4.63. The number of carboxylic acid groups (broad SMARTS) is 1. The molecule has 3 aromatic rings. The normalized spacial score (nSPS) is 10.7. The van der Waals surface area contributed by atoms with E-state index in [2.05, 4.69) is 27.3 Å². The lowest BCUT2D eigenvalue weighted by Gasteiger charge is -2.10. The van der Waals surface area contributed by atoms with Crippen molar-refractivity contribution in [2.45, 2.75) is 20.4 Å². The molecule has 1 heterocycles. The van der Waals surface area contributed by atoms with E-state index in [0.717, 1.165) is 32.8 Å². The van der Waals surface area contributed by atoms with Gasteiger partial charge in [-0.15, -0.1) is 0 Å². The van der Waals surface area contributed by atoms with Gasteiger partial charge in [0.1, 0.15) is 11.5 Å². The maximum Gasteiger partial charge on any atom is 0.336 e. The fourth-order valence-corrected chi connectivity index (χ4v) is 3.24. The van der Waals surface area contributed by atoms with Crippen LogP contribution >= 0.6 is 15.9 Å². The van der Waals surface area contributed by atoms with Crippen LogP contribution in [0.1, 0.15) is 27.2 Å². The number of anilines is 1. The topological polar surface area (TPSA) is 62.5 Å². The van der Waals surface area contributed by atoms with Crippen molar-refractivity contribution >= 4 is 27.6 Å². The molecule has 0 radical (unpaired) electrons. The van der Waals surface area contributed by atoms with Crippen LogP contribution < -0.4 is 5.32 Å². The molecule has 0 saturated carbocycles. The molecule has 0 spiro atoms. The molecule has 4 nitrogen and oxygen atoms in total. The van der Waals surface area contributed by atoms with Crippen molar-refractivity contribution in [3.8, 4) is 11.3 Å². The number of furan rings is 1. The lowest BCUT2D eigenvalue weighted by Crippen LogP contribution is -2.05. The van der Waals surface area contributed by atoms with Crippen molar-refractivity contribution in [2.24, 2.45) is 0 Å². The van der Waals surface area contributed by atoms with Crippen molar-refractivity contribution < 1.29 is 14.3 Å². The average Bonchev–Trinajstić information content (AvgIpc) is 3.02. The molecule has 0 saturated heterocycles. The summed E-state index contributed by atoms with van der Waals surface area (Å²) in [5, 5.41) is 12.4. The van der Waals surface area contributed by atoms with Crippen LogP contribution in [0.25, 0.3) is 11.3 Å². The van der Waals surface area contributed by atoms with Gasteiger partial charge < -0.3 is 14.8 Å². The minimum Gasteiger partial charge on any atom is -0.478 e. The highest BCUT2D eigenvalue weighted by atomic mass is 79.9. The van der Waals surface area contributed by atoms with Crippen LogP contribution in [0.3, 0.4) is 0 Å². The van der Waals surface area contributed by atoms with Crippen LogP contribution in [0.5, 0.6) is 0 Å². The van der Waals surface area contributed by atoms with E-state index < -0.39 is 5.97 Å². The Bertz CT molecular complexity index is 930. The van der Waals surface area contributed by atoms with E-state index in [0.29, 0.717) is 17.7 Å². The second-order valence-electron chi connectivity index (χ2n) is 5.86. The molecule has 0 bridgehead atoms. The van der Waals surface area contributed by atoms with E-state index in [4.69, 9.17) is 4.42 Å². The quantitative estimate of drug-likeness (QED) is 0.582. The van der Waals surface area contributed by atoms with Crippen LogP contribution in [0.15, 0.2) is 57.4 Å². The molecule has 0 atom stereocenters. The van der Waals surface area contributed by atoms with Gasteiger partial charge in [0.25, 0.3) is 0 Å². The van der Waals surface area contributed by atoms with Gasteiger partial charge in [0.05, 0.1) is 12.1 Å². The van der Waals surface area contributed by atoms with Crippen LogP contribution in [0, 0.1) is 13.8 Å². The van der Waals surface area contributed by atoms with E-state index in [1.54, 1.807) is 19.1 Å². The van der Waals surface area contributed by atoms with Crippen LogP contribution in [-0.4, -0.2) is 11.1 Å². The molecule has 0 aliphatic carbocycles. The van der Waals surface area contributed by atoms with Gasteiger partial charge in [0.15, 0.2) is 0 Å². The molecule has 128 valence electrons. The molecular formula is C20H18BrNO3. The fraction of sp³-hybridized carbons (Fsp3) is 0.150. The van der Waals surface area contributed by atoms with Gasteiger partial charge in [-0.25, -0.2) is 4.79 Å². The number of carboxylic acids is 1. The second-order valence-corrected chi connectivity index (χ2v) is 6.78. The predicted molar refractivity (Wildman–Crippen MR) is 102 cm³/mol. The molecule has 25 heavy (non-hydrogen) atoms. The second kappa shape index (κ2) is 7.15. The summed E-state index contributed by atoms with van der Waals surface area (Å²) in [7, 11) is 0. The maximum atomic E-state index is 11.2. The number of hydrogen-bond donors (Lipinski definition) is 2. The van der Waals surface area contributed by atoms with Gasteiger partial charge in [-0.05, 0) is 67.4 Å². The van der Waals surface area contributed by atoms with Crippen LogP contribution in [0.4, 0.5) is 5.69 Å². The molecule has 0 fully saturated rings. The Kier molecular flexibility index (Phi) is 4.95. The first-order valence-corrected chi connectivity index (χ1v) is 8.67. The van der Waals surface area contributed by atoms with Gasteiger partial charge in [-0.3, -0.25) is 0 Å². The first-order valence-electron chi connectivity index (χ1n) is 7.87. The number of rotatable bonds is 5. The fourth-order valence-electron chi connectivity index (χ4n) is 2.76. The number of hydrogen-bond acceptors (Lipinski definition) is 3. The van der Waals surface area contributed by atoms with Crippen molar-refractivity contribution in [3.63, 3.8) is 0 Å². The lowest BCUT2D eigenvalue weighted by molar-refractivity contribution is 0.0696. The minimum atomic E-state index is -0.924. The van der Waals surface area contributed by atoms with Crippen LogP contribution in [-0.2, 0) is 6.54 Å². The van der Waals surface area contributed by atoms with Crippen molar-refractivity contribution in [2.75, 3.05) is 5.32 Å². The Morgan fingerprint density at radius 1 is 1.16 bits per heavy atom. The summed E-state index contributed by atoms with van der Waals surface area (Å²) in [6, 6.07) is 15.1. The molecule has 2 N–H and O–H groups in total. The van der Waals surface area contributed by atoms with E-state index in [1.807, 2.05) is 37.3 Å². The molecule has 3 rings (SSSR count). The molecule has 0 aliphatic rings. The molecule has 5 heteroatoms. The van der Waals surface area contributed by atoms with Gasteiger partial charge in [0.2, 0.25) is 0 Å². The van der Waals surface area contributed by atoms with Crippen molar-refractivity contribution in [1.82, 2.24) is 0 Å². The highest BCUT2D eigenvalue weighted by Gasteiger charge is 2.11. The standard InChI is InChI=1S/C20H18BrNO3/c1-12-10-14(21)6-8-16(12)19-9-7-15(25-19)11-22-18-5-3-4-17(13(18)2)20(23)24/h3-10,22H,11H2,1-2H3,(H,23,24). The minimum absolute atomic E-state index is 0.302. The van der Waals surface area contributed by atoms with E-state index in [1.165, 1.54) is 0 Å². The highest BCUT2D eigenvalue weighted by Crippen LogP contribution is 2.28. The largest absolute Gasteiger partial charge is 0.478 e. The summed E-state index contributed by atoms with van der Waals surface area (Å²) in [6.07, 6.45) is 0. The number of nitrogens with one attached hydrogen (secondary N) is 1. The molecule has 1 aromatic heterocycles. The smallest absolute Gasteiger partial charge is 0.336 e. The Labute approximate surface area is 154 Å². The number of carbonyl (C=O) groups is 1. The molecule has 2 aromatic carbocycles. The summed E-state index contributed by atoms with van der Waals surface area (Å²) < 4.78 is 6.97. The number of benzene rings is 2. The summed E-state index contributed by atoms with van der Waals surface area (Å²) in [6.45, 7) is 4.32. The Hall–Kier alpha value is -2.53. The zero-order chi connectivity index (χ0) is 18.0. The number of halogens is 1. The molecular weight excluding hydrogens is 382 g/mol. The van der Waals surface area contributed by atoms with Crippen molar-refractivity contribution in [1.29, 1.82) is 0 Å². The summed E-state index contributed by atoms with van der Waals surface area (Å²) >= 11 is 3.47. The third-order valence-electron chi connectivity index (χ3n) is 4.13. The Morgan fingerprint density at radius 2 is 1.96 bits per heavy atom. The van der Waals surface area contributed by atoms with Crippen LogP contribution in [0.2, 0.25) is 0 Å². The zero-order valence-corrected chi connectivity index (χ0v) is 15.6. The highest BCUT2D eigenvalue weighted by molar-refractivity contribution is 9.10. The van der Waals surface area contributed by atoms with E-state index in [9.17, 15) is 9.90 Å². The summed E-state index contributed by atoms with van der Waals surface area (Å²) in [5.41, 5.74) is 3.99. The van der Waals surface area contributed by atoms with Crippen molar-refractivity contribution in [3.05, 3.63) is 75.5 Å². The van der Waals surface area contributed by atoms with E-state index >= 15 is 0 Å². The average molecular weight is 400 g/mol. The SMILES string of the molecule is Cc1cc(Br)ccc1-c1ccc(CNc2cccc(C(=O)O)c2C)o1. The van der Waals surface area contributed by atoms with Gasteiger partial charge in [-0.1, -0.05) is 22.0 Å². The summed E-state index contributed by atoms with van der Waals surface area (Å²) in [5.74, 6) is 0.683. The predicted octanol–water partition coefficient (Wildman–Crippen LogP) is 5.64. The lowest BCUT2D eigenvalue weighted by atomic mass is 10.1. The monoisotopic (exact) mass is 399 g/mol. The molecule has 0 unspecified atom stereocenters. The first-order chi connectivity index (χ1) is 12.0. The third kappa shape index (κ3) is 3.77. The van der Waals surface area contributed by atoms with Gasteiger partial charge in [0, 0.05) is 15.7 Å². The van der Waals surface area contributed by atoms with Gasteiger partial charge >= 0.3 is 5.97 Å². The Morgan fingerprint density at radius 3 is 2.68 bits per heavy atom. The number of aromatic carboxylic acids is 1. The zero-order valence-electron chi connectivity index (χ0n) is 14.0. The first kappa shape index (κ1) is 17.3. The maximum absolute atomic E-state index is 11.2. The molecule has 0 amide bonds. The van der Waals surface area contributed by atoms with Gasteiger partial charge in [-0.2, -0.15) is 0 Å².